The molecule has 11 heteroatoms. The summed E-state index contributed by atoms with van der Waals surface area (Å²) < 4.78 is 5.55. The number of ether oxygens (including phenoxy) is 1. The SMILES string of the molecule is O=C(c1nnc(N2CCN(c3ccc(Cl)c(Cl)c3)CC2)c2ccccc12)N1CCN(C(=O)C2CCCO2)CC1. The monoisotopic (exact) mass is 568 g/mol. The predicted octanol–water partition coefficient (Wildman–Crippen LogP) is 3.73. The molecule has 9 nitrogen and oxygen atoms in total. The summed E-state index contributed by atoms with van der Waals surface area (Å²) in [6.45, 7) is 5.67. The number of rotatable bonds is 4. The number of carbonyl (C=O) groups is 2. The highest BCUT2D eigenvalue weighted by Gasteiger charge is 2.32. The van der Waals surface area contributed by atoms with Crippen LogP contribution in [0.3, 0.4) is 0 Å². The maximum absolute atomic E-state index is 13.5. The molecule has 1 aromatic heterocycles. The van der Waals surface area contributed by atoms with E-state index in [-0.39, 0.29) is 17.9 Å². The third-order valence-corrected chi connectivity index (χ3v) is 8.54. The summed E-state index contributed by atoms with van der Waals surface area (Å²) in [7, 11) is 0. The van der Waals surface area contributed by atoms with Gasteiger partial charge in [0.25, 0.3) is 11.8 Å². The lowest BCUT2D eigenvalue weighted by Crippen LogP contribution is -2.53. The molecule has 6 rings (SSSR count). The summed E-state index contributed by atoms with van der Waals surface area (Å²) >= 11 is 12.3. The summed E-state index contributed by atoms with van der Waals surface area (Å²) in [6.07, 6.45) is 1.36. The first-order chi connectivity index (χ1) is 19.0. The van der Waals surface area contributed by atoms with E-state index in [9.17, 15) is 9.59 Å². The number of aromatic nitrogens is 2. The van der Waals surface area contributed by atoms with Crippen molar-refractivity contribution in [1.82, 2.24) is 20.0 Å². The standard InChI is InChI=1S/C28H30Cl2N6O3/c29-22-8-7-19(18-23(22)30)33-9-11-34(12-10-33)26-21-5-2-1-4-20(21)25(31-32-26)28(38)36-15-13-35(14-16-36)27(37)24-6-3-17-39-24/h1-2,4-5,7-8,18,24H,3,6,9-17H2. The highest BCUT2D eigenvalue weighted by atomic mass is 35.5. The molecule has 0 radical (unpaired) electrons. The van der Waals surface area contributed by atoms with Gasteiger partial charge in [0.15, 0.2) is 11.5 Å². The van der Waals surface area contributed by atoms with Crippen molar-refractivity contribution in [3.63, 3.8) is 0 Å². The van der Waals surface area contributed by atoms with Crippen LogP contribution in [-0.4, -0.2) is 96.9 Å². The molecule has 3 fully saturated rings. The molecule has 2 amide bonds. The van der Waals surface area contributed by atoms with Crippen LogP contribution in [0.2, 0.25) is 10.0 Å². The number of anilines is 2. The normalized spacial score (nSPS) is 20.1. The fraction of sp³-hybridized carbons (Fsp3) is 0.429. The Hall–Kier alpha value is -3.14. The Bertz CT molecular complexity index is 1380. The second-order valence-corrected chi connectivity index (χ2v) is 10.9. The van der Waals surface area contributed by atoms with Crippen LogP contribution in [0.4, 0.5) is 11.5 Å². The maximum atomic E-state index is 13.5. The van der Waals surface area contributed by atoms with Gasteiger partial charge in [-0.2, -0.15) is 0 Å². The molecule has 0 spiro atoms. The minimum Gasteiger partial charge on any atom is -0.368 e. The molecule has 3 saturated heterocycles. The van der Waals surface area contributed by atoms with Crippen LogP contribution in [0.1, 0.15) is 23.3 Å². The van der Waals surface area contributed by atoms with E-state index >= 15 is 0 Å². The fourth-order valence-corrected chi connectivity index (χ4v) is 5.89. The lowest BCUT2D eigenvalue weighted by Gasteiger charge is -2.37. The quantitative estimate of drug-likeness (QED) is 0.474. The van der Waals surface area contributed by atoms with E-state index in [4.69, 9.17) is 27.9 Å². The topological polar surface area (TPSA) is 82.1 Å². The summed E-state index contributed by atoms with van der Waals surface area (Å²) in [6, 6.07) is 13.5. The number of fused-ring (bicyclic) bond motifs is 1. The van der Waals surface area contributed by atoms with E-state index in [0.717, 1.165) is 61.3 Å². The summed E-state index contributed by atoms with van der Waals surface area (Å²) in [5.74, 6) is 0.662. The molecule has 3 aromatic rings. The van der Waals surface area contributed by atoms with Crippen LogP contribution in [0.25, 0.3) is 10.8 Å². The third kappa shape index (κ3) is 5.23. The minimum atomic E-state index is -0.333. The Kier molecular flexibility index (Phi) is 7.47. The zero-order valence-electron chi connectivity index (χ0n) is 21.6. The molecule has 4 heterocycles. The van der Waals surface area contributed by atoms with Gasteiger partial charge in [-0.25, -0.2) is 0 Å². The van der Waals surface area contributed by atoms with Gasteiger partial charge in [-0.1, -0.05) is 47.5 Å². The van der Waals surface area contributed by atoms with Crippen LogP contribution in [0, 0.1) is 0 Å². The Labute approximate surface area is 237 Å². The lowest BCUT2D eigenvalue weighted by molar-refractivity contribution is -0.142. The van der Waals surface area contributed by atoms with Gasteiger partial charge in [-0.05, 0) is 31.0 Å². The molecule has 3 aliphatic rings. The van der Waals surface area contributed by atoms with Gasteiger partial charge in [0.2, 0.25) is 0 Å². The number of halogens is 2. The van der Waals surface area contributed by atoms with Crippen LogP contribution in [0.15, 0.2) is 42.5 Å². The van der Waals surface area contributed by atoms with Gasteiger partial charge in [0.05, 0.1) is 10.0 Å². The first-order valence-corrected chi connectivity index (χ1v) is 14.2. The van der Waals surface area contributed by atoms with Gasteiger partial charge in [-0.3, -0.25) is 9.59 Å². The van der Waals surface area contributed by atoms with Gasteiger partial charge >= 0.3 is 0 Å². The van der Waals surface area contributed by atoms with E-state index < -0.39 is 0 Å². The number of amides is 2. The number of hydrogen-bond acceptors (Lipinski definition) is 7. The van der Waals surface area contributed by atoms with Crippen LogP contribution < -0.4 is 9.80 Å². The summed E-state index contributed by atoms with van der Waals surface area (Å²) in [5, 5.41) is 11.8. The van der Waals surface area contributed by atoms with Gasteiger partial charge in [0, 0.05) is 75.4 Å². The molecule has 0 N–H and O–H groups in total. The summed E-state index contributed by atoms with van der Waals surface area (Å²) in [4.78, 5) is 34.3. The van der Waals surface area contributed by atoms with Gasteiger partial charge < -0.3 is 24.3 Å². The Morgan fingerprint density at radius 2 is 1.49 bits per heavy atom. The number of benzene rings is 2. The molecule has 2 aromatic carbocycles. The van der Waals surface area contributed by atoms with Gasteiger partial charge in [-0.15, -0.1) is 10.2 Å². The van der Waals surface area contributed by atoms with E-state index in [0.29, 0.717) is 48.5 Å². The van der Waals surface area contributed by atoms with E-state index in [1.165, 1.54) is 0 Å². The van der Waals surface area contributed by atoms with Gasteiger partial charge in [0.1, 0.15) is 6.10 Å². The second-order valence-electron chi connectivity index (χ2n) is 10.1. The van der Waals surface area contributed by atoms with E-state index in [1.54, 1.807) is 4.90 Å². The lowest BCUT2D eigenvalue weighted by atomic mass is 10.1. The molecule has 204 valence electrons. The first kappa shape index (κ1) is 26.1. The van der Waals surface area contributed by atoms with Crippen molar-refractivity contribution in [2.75, 3.05) is 68.8 Å². The molecular formula is C28H30Cl2N6O3. The van der Waals surface area contributed by atoms with Crippen molar-refractivity contribution in [2.45, 2.75) is 18.9 Å². The highest BCUT2D eigenvalue weighted by molar-refractivity contribution is 6.42. The molecule has 0 aliphatic carbocycles. The Morgan fingerprint density at radius 3 is 2.18 bits per heavy atom. The summed E-state index contributed by atoms with van der Waals surface area (Å²) in [5.41, 5.74) is 1.39. The smallest absolute Gasteiger partial charge is 0.275 e. The van der Waals surface area contributed by atoms with Crippen LogP contribution in [0.5, 0.6) is 0 Å². The number of nitrogens with zero attached hydrogens (tertiary/aromatic N) is 6. The number of carbonyl (C=O) groups excluding carboxylic acids is 2. The second kappa shape index (κ2) is 11.2. The van der Waals surface area contributed by atoms with Crippen molar-refractivity contribution in [2.24, 2.45) is 0 Å². The zero-order valence-corrected chi connectivity index (χ0v) is 23.1. The zero-order chi connectivity index (χ0) is 26.9. The molecule has 1 atom stereocenters. The molecule has 0 bridgehead atoms. The first-order valence-electron chi connectivity index (χ1n) is 13.4. The van der Waals surface area contributed by atoms with Crippen LogP contribution >= 0.6 is 23.2 Å². The van der Waals surface area contributed by atoms with Crippen molar-refractivity contribution < 1.29 is 14.3 Å². The third-order valence-electron chi connectivity index (χ3n) is 7.80. The highest BCUT2D eigenvalue weighted by Crippen LogP contribution is 2.30. The molecule has 0 saturated carbocycles. The Balaban J connectivity index is 1.15. The molecule has 39 heavy (non-hydrogen) atoms. The number of hydrogen-bond donors (Lipinski definition) is 0. The van der Waals surface area contributed by atoms with Crippen molar-refractivity contribution in [3.05, 3.63) is 58.2 Å². The van der Waals surface area contributed by atoms with Crippen molar-refractivity contribution >= 4 is 57.3 Å². The average Bonchev–Trinajstić information content (AvgIpc) is 3.53. The average molecular weight is 569 g/mol. The molecular weight excluding hydrogens is 539 g/mol. The molecule has 1 unspecified atom stereocenters. The Morgan fingerprint density at radius 1 is 0.795 bits per heavy atom. The van der Waals surface area contributed by atoms with E-state index in [2.05, 4.69) is 20.0 Å². The van der Waals surface area contributed by atoms with Crippen molar-refractivity contribution in [1.29, 1.82) is 0 Å². The fourth-order valence-electron chi connectivity index (χ4n) is 5.60. The maximum Gasteiger partial charge on any atom is 0.275 e. The predicted molar refractivity (Wildman–Crippen MR) is 152 cm³/mol. The van der Waals surface area contributed by atoms with Crippen LogP contribution in [-0.2, 0) is 9.53 Å². The number of piperazine rings is 2. The largest absolute Gasteiger partial charge is 0.368 e. The van der Waals surface area contributed by atoms with Crippen molar-refractivity contribution in [3.8, 4) is 0 Å². The molecule has 3 aliphatic heterocycles. The minimum absolute atomic E-state index is 0.0356. The van der Waals surface area contributed by atoms with E-state index in [1.807, 2.05) is 47.4 Å².